The molecule has 2 aromatic carbocycles. The topological polar surface area (TPSA) is 49.4 Å². The molecule has 4 nitrogen and oxygen atoms in total. The molecule has 1 fully saturated rings. The molecule has 1 aliphatic rings. The lowest BCUT2D eigenvalue weighted by atomic mass is 10.1. The number of carbonyl (C=O) groups is 2. The van der Waals surface area contributed by atoms with E-state index in [1.165, 1.54) is 0 Å². The molecule has 0 saturated carbocycles. The van der Waals surface area contributed by atoms with Crippen LogP contribution in [0.2, 0.25) is 5.02 Å². The predicted molar refractivity (Wildman–Crippen MR) is 106 cm³/mol. The van der Waals surface area contributed by atoms with Crippen LogP contribution < -0.4 is 10.2 Å². The van der Waals surface area contributed by atoms with Gasteiger partial charge in [-0.2, -0.15) is 0 Å². The van der Waals surface area contributed by atoms with E-state index in [1.807, 2.05) is 42.5 Å². The fourth-order valence-corrected chi connectivity index (χ4v) is 3.32. The first kappa shape index (κ1) is 18.5. The average Bonchev–Trinajstić information content (AvgIpc) is 3.02. The molecule has 3 rings (SSSR count). The minimum Gasteiger partial charge on any atom is -0.345 e. The molecule has 1 unspecified atom stereocenters. The first-order valence-corrected chi connectivity index (χ1v) is 9.29. The lowest BCUT2D eigenvalue weighted by Crippen LogP contribution is -2.33. The molecule has 0 radical (unpaired) electrons. The monoisotopic (exact) mass is 430 g/mol. The third-order valence-electron chi connectivity index (χ3n) is 4.06. The summed E-state index contributed by atoms with van der Waals surface area (Å²) in [7, 11) is 0. The number of hydrogen-bond acceptors (Lipinski definition) is 2. The van der Waals surface area contributed by atoms with E-state index >= 15 is 0 Å². The van der Waals surface area contributed by atoms with Gasteiger partial charge in [-0.1, -0.05) is 57.6 Å². The van der Waals surface area contributed by atoms with E-state index < -0.39 is 0 Å². The molecule has 1 atom stereocenters. The van der Waals surface area contributed by atoms with Gasteiger partial charge in [0.05, 0.1) is 17.5 Å². The first-order valence-electron chi connectivity index (χ1n) is 8.11. The van der Waals surface area contributed by atoms with Crippen molar-refractivity contribution in [3.63, 3.8) is 0 Å². The second-order valence-electron chi connectivity index (χ2n) is 5.88. The summed E-state index contributed by atoms with van der Waals surface area (Å²) in [5.74, 6) is 5.23. The average molecular weight is 432 g/mol. The number of nitrogens with zero attached hydrogens (tertiary/aromatic N) is 1. The summed E-state index contributed by atoms with van der Waals surface area (Å²) in [6.45, 7) is 0.588. The lowest BCUT2D eigenvalue weighted by Gasteiger charge is -2.16. The Morgan fingerprint density at radius 1 is 1.27 bits per heavy atom. The Hall–Kier alpha value is -2.29. The van der Waals surface area contributed by atoms with Crippen LogP contribution in [-0.4, -0.2) is 24.9 Å². The summed E-state index contributed by atoms with van der Waals surface area (Å²) in [4.78, 5) is 26.2. The van der Waals surface area contributed by atoms with Gasteiger partial charge in [-0.05, 0) is 30.3 Å². The van der Waals surface area contributed by atoms with Crippen LogP contribution in [0.3, 0.4) is 0 Å². The molecule has 0 aromatic heterocycles. The highest BCUT2D eigenvalue weighted by atomic mass is 79.9. The van der Waals surface area contributed by atoms with Crippen LogP contribution in [0, 0.1) is 17.8 Å². The van der Waals surface area contributed by atoms with Crippen molar-refractivity contribution in [3.8, 4) is 11.8 Å². The van der Waals surface area contributed by atoms with Crippen LogP contribution in [0.1, 0.15) is 12.0 Å². The SMILES string of the molecule is O=C(NCC#Cc1ccccc1Cl)C1CC(=O)N(c2cccc(Br)c2)C1. The quantitative estimate of drug-likeness (QED) is 0.755. The van der Waals surface area contributed by atoms with E-state index in [0.29, 0.717) is 11.6 Å². The minimum atomic E-state index is -0.372. The van der Waals surface area contributed by atoms with E-state index in [2.05, 4.69) is 33.1 Å². The first-order chi connectivity index (χ1) is 12.5. The molecule has 6 heteroatoms. The summed E-state index contributed by atoms with van der Waals surface area (Å²) in [6.07, 6.45) is 0.205. The van der Waals surface area contributed by atoms with E-state index in [-0.39, 0.29) is 30.7 Å². The maximum absolute atomic E-state index is 12.3. The van der Waals surface area contributed by atoms with Gasteiger partial charge in [0.25, 0.3) is 0 Å². The van der Waals surface area contributed by atoms with Crippen LogP contribution >= 0.6 is 27.5 Å². The third-order valence-corrected chi connectivity index (χ3v) is 4.89. The Balaban J connectivity index is 1.56. The van der Waals surface area contributed by atoms with Gasteiger partial charge in [0.1, 0.15) is 0 Å². The molecule has 0 bridgehead atoms. The largest absolute Gasteiger partial charge is 0.345 e. The number of nitrogens with one attached hydrogen (secondary N) is 1. The summed E-state index contributed by atoms with van der Waals surface area (Å²) < 4.78 is 0.894. The van der Waals surface area contributed by atoms with E-state index in [9.17, 15) is 9.59 Å². The summed E-state index contributed by atoms with van der Waals surface area (Å²) in [5.41, 5.74) is 1.51. The molecule has 26 heavy (non-hydrogen) atoms. The molecular formula is C20H16BrClN2O2. The number of rotatable bonds is 3. The van der Waals surface area contributed by atoms with Crippen LogP contribution in [0.25, 0.3) is 0 Å². The molecule has 2 aromatic rings. The van der Waals surface area contributed by atoms with Gasteiger partial charge in [0.15, 0.2) is 0 Å². The van der Waals surface area contributed by atoms with Gasteiger partial charge < -0.3 is 10.2 Å². The molecule has 132 valence electrons. The number of halogens is 2. The van der Waals surface area contributed by atoms with Crippen molar-refractivity contribution in [2.45, 2.75) is 6.42 Å². The lowest BCUT2D eigenvalue weighted by molar-refractivity contribution is -0.126. The third kappa shape index (κ3) is 4.46. The summed E-state index contributed by atoms with van der Waals surface area (Å²) in [5, 5.41) is 3.36. The van der Waals surface area contributed by atoms with Gasteiger partial charge in [-0.25, -0.2) is 0 Å². The number of carbonyl (C=O) groups excluding carboxylic acids is 2. The van der Waals surface area contributed by atoms with E-state index in [1.54, 1.807) is 11.0 Å². The highest BCUT2D eigenvalue weighted by Crippen LogP contribution is 2.27. The van der Waals surface area contributed by atoms with Crippen molar-refractivity contribution in [1.29, 1.82) is 0 Å². The molecule has 1 N–H and O–H groups in total. The molecule has 2 amide bonds. The molecule has 0 aliphatic carbocycles. The minimum absolute atomic E-state index is 0.0506. The molecule has 1 saturated heterocycles. The Morgan fingerprint density at radius 3 is 2.85 bits per heavy atom. The van der Waals surface area contributed by atoms with Gasteiger partial charge in [-0.3, -0.25) is 9.59 Å². The Labute approximate surface area is 165 Å². The Bertz CT molecular complexity index is 904. The van der Waals surface area contributed by atoms with E-state index in [0.717, 1.165) is 15.7 Å². The fourth-order valence-electron chi connectivity index (χ4n) is 2.75. The van der Waals surface area contributed by atoms with Gasteiger partial charge >= 0.3 is 0 Å². The number of anilines is 1. The summed E-state index contributed by atoms with van der Waals surface area (Å²) in [6, 6.07) is 14.8. The standard InChI is InChI=1S/C20H16BrClN2O2/c21-16-7-3-8-17(12-16)24-13-15(11-19(24)25)20(26)23-10-4-6-14-5-1-2-9-18(14)22/h1-3,5,7-9,12,15H,10-11,13H2,(H,23,26). The zero-order valence-corrected chi connectivity index (χ0v) is 16.2. The number of amides is 2. The molecular weight excluding hydrogens is 416 g/mol. The van der Waals surface area contributed by atoms with E-state index in [4.69, 9.17) is 11.6 Å². The Kier molecular flexibility index (Phi) is 5.97. The summed E-state index contributed by atoms with van der Waals surface area (Å²) >= 11 is 9.43. The van der Waals surface area contributed by atoms with Crippen LogP contribution in [0.15, 0.2) is 53.0 Å². The van der Waals surface area contributed by atoms with Crippen molar-refractivity contribution in [2.24, 2.45) is 5.92 Å². The fraction of sp³-hybridized carbons (Fsp3) is 0.200. The maximum atomic E-state index is 12.3. The second-order valence-corrected chi connectivity index (χ2v) is 7.21. The van der Waals surface area contributed by atoms with Crippen LogP contribution in [0.4, 0.5) is 5.69 Å². The van der Waals surface area contributed by atoms with Crippen molar-refractivity contribution >= 4 is 45.0 Å². The highest BCUT2D eigenvalue weighted by Gasteiger charge is 2.34. The van der Waals surface area contributed by atoms with Gasteiger partial charge in [0, 0.05) is 28.7 Å². The number of hydrogen-bond donors (Lipinski definition) is 1. The molecule has 1 aliphatic heterocycles. The normalized spacial score (nSPS) is 16.2. The Morgan fingerprint density at radius 2 is 2.08 bits per heavy atom. The highest BCUT2D eigenvalue weighted by molar-refractivity contribution is 9.10. The van der Waals surface area contributed by atoms with Gasteiger partial charge in [0.2, 0.25) is 11.8 Å². The van der Waals surface area contributed by atoms with Crippen LogP contribution in [0.5, 0.6) is 0 Å². The second kappa shape index (κ2) is 8.39. The molecule has 0 spiro atoms. The van der Waals surface area contributed by atoms with Crippen molar-refractivity contribution in [3.05, 3.63) is 63.6 Å². The molecule has 1 heterocycles. The predicted octanol–water partition coefficient (Wildman–Crippen LogP) is 3.62. The smallest absolute Gasteiger partial charge is 0.227 e. The van der Waals surface area contributed by atoms with Crippen molar-refractivity contribution < 1.29 is 9.59 Å². The zero-order valence-electron chi connectivity index (χ0n) is 13.8. The van der Waals surface area contributed by atoms with Crippen molar-refractivity contribution in [1.82, 2.24) is 5.32 Å². The van der Waals surface area contributed by atoms with Crippen molar-refractivity contribution in [2.75, 3.05) is 18.0 Å². The zero-order chi connectivity index (χ0) is 18.5. The maximum Gasteiger partial charge on any atom is 0.227 e. The van der Waals surface area contributed by atoms with Gasteiger partial charge in [-0.15, -0.1) is 0 Å². The number of benzene rings is 2. The van der Waals surface area contributed by atoms with Crippen LogP contribution in [-0.2, 0) is 9.59 Å².